The second-order valence-corrected chi connectivity index (χ2v) is 9.41. The van der Waals surface area contributed by atoms with E-state index in [2.05, 4.69) is 16.7 Å². The third-order valence-electron chi connectivity index (χ3n) is 5.24. The zero-order chi connectivity index (χ0) is 20.0. The number of hydrogen-bond donors (Lipinski definition) is 3. The molecule has 0 spiro atoms. The van der Waals surface area contributed by atoms with Gasteiger partial charge in [-0.15, -0.1) is 11.8 Å². The largest absolute Gasteiger partial charge is 0.477 e. The van der Waals surface area contributed by atoms with Gasteiger partial charge < -0.3 is 20.6 Å². The highest BCUT2D eigenvalue weighted by Crippen LogP contribution is 2.44. The lowest BCUT2D eigenvalue weighted by atomic mass is 10.1. The van der Waals surface area contributed by atoms with Crippen molar-refractivity contribution in [2.24, 2.45) is 0 Å². The molecule has 6 nitrogen and oxygen atoms in total. The number of thioether (sulfide) groups is 1. The molecule has 0 aromatic heterocycles. The average Bonchev–Trinajstić information content (AvgIpc) is 2.68. The molecule has 2 aromatic carbocycles. The second-order valence-electron chi connectivity index (χ2n) is 7.16. The fraction of sp³-hybridized carbons (Fsp3) is 0.238. The van der Waals surface area contributed by atoms with E-state index < -0.39 is 5.97 Å². The van der Waals surface area contributed by atoms with Crippen molar-refractivity contribution in [1.82, 2.24) is 10.2 Å². The highest BCUT2D eigenvalue weighted by Gasteiger charge is 2.39. The summed E-state index contributed by atoms with van der Waals surface area (Å²) >= 11 is 3.38. The molecule has 0 radical (unpaired) electrons. The summed E-state index contributed by atoms with van der Waals surface area (Å²) in [5.41, 5.74) is 3.68. The minimum atomic E-state index is -0.973. The normalized spacial score (nSPS) is 19.3. The van der Waals surface area contributed by atoms with Gasteiger partial charge in [-0.1, -0.05) is 30.0 Å². The molecule has 0 aliphatic carbocycles. The predicted octanol–water partition coefficient (Wildman–Crippen LogP) is 3.63. The van der Waals surface area contributed by atoms with Crippen LogP contribution in [0.3, 0.4) is 0 Å². The fourth-order valence-corrected chi connectivity index (χ4v) is 5.95. The molecule has 2 aromatic rings. The van der Waals surface area contributed by atoms with Gasteiger partial charge in [-0.05, 0) is 36.2 Å². The molecule has 0 bridgehead atoms. The minimum absolute atomic E-state index is 0.192. The van der Waals surface area contributed by atoms with E-state index in [4.69, 9.17) is 0 Å². The van der Waals surface area contributed by atoms with Gasteiger partial charge >= 0.3 is 5.97 Å². The first kappa shape index (κ1) is 18.4. The maximum absolute atomic E-state index is 12.6. The standard InChI is InChI=1S/C21H19N3O3S2/c25-18(23-15-11-28-19-7-8-24(19)20(15)21(26)27)10-12-5-6-17-14(9-12)22-13-3-1-2-4-16(13)29-17/h1-6,9,19,22H,7-8,10-11H2,(H,23,25)(H,26,27). The summed E-state index contributed by atoms with van der Waals surface area (Å²) in [5.74, 6) is -0.644. The maximum Gasteiger partial charge on any atom is 0.354 e. The number of aliphatic carboxylic acids is 1. The van der Waals surface area contributed by atoms with Gasteiger partial charge in [-0.2, -0.15) is 0 Å². The van der Waals surface area contributed by atoms with Crippen molar-refractivity contribution in [1.29, 1.82) is 0 Å². The van der Waals surface area contributed by atoms with Crippen LogP contribution in [0.4, 0.5) is 11.4 Å². The van der Waals surface area contributed by atoms with Gasteiger partial charge in [0.2, 0.25) is 5.91 Å². The lowest BCUT2D eigenvalue weighted by Crippen LogP contribution is -2.51. The van der Waals surface area contributed by atoms with Crippen LogP contribution in [-0.4, -0.2) is 39.6 Å². The Morgan fingerprint density at radius 3 is 2.79 bits per heavy atom. The van der Waals surface area contributed by atoms with Crippen LogP contribution in [0.15, 0.2) is 63.6 Å². The molecule has 0 saturated carbocycles. The summed E-state index contributed by atoms with van der Waals surface area (Å²) < 4.78 is 0. The summed E-state index contributed by atoms with van der Waals surface area (Å²) in [6, 6.07) is 14.1. The first-order chi connectivity index (χ1) is 14.1. The Labute approximate surface area is 176 Å². The molecular weight excluding hydrogens is 406 g/mol. The summed E-state index contributed by atoms with van der Waals surface area (Å²) in [6.07, 6.45) is 1.19. The van der Waals surface area contributed by atoms with Crippen molar-refractivity contribution in [3.63, 3.8) is 0 Å². The number of fused-ring (bicyclic) bond motifs is 3. The van der Waals surface area contributed by atoms with E-state index in [9.17, 15) is 14.7 Å². The number of para-hydroxylation sites is 1. The predicted molar refractivity (Wildman–Crippen MR) is 114 cm³/mol. The molecule has 148 valence electrons. The quantitative estimate of drug-likeness (QED) is 0.589. The Morgan fingerprint density at radius 2 is 2.00 bits per heavy atom. The number of nitrogens with one attached hydrogen (secondary N) is 2. The number of carboxylic acids is 1. The minimum Gasteiger partial charge on any atom is -0.477 e. The first-order valence-electron chi connectivity index (χ1n) is 9.40. The number of benzene rings is 2. The molecule has 5 rings (SSSR count). The zero-order valence-corrected chi connectivity index (χ0v) is 17.1. The SMILES string of the molecule is O=C(Cc1ccc2c(c1)Nc1ccccc1S2)NC1=C(C(=O)O)N2CCC2SC1. The van der Waals surface area contributed by atoms with Crippen molar-refractivity contribution in [2.75, 3.05) is 17.6 Å². The number of carbonyl (C=O) groups is 2. The van der Waals surface area contributed by atoms with Crippen LogP contribution in [0, 0.1) is 0 Å². The smallest absolute Gasteiger partial charge is 0.354 e. The maximum atomic E-state index is 12.6. The number of anilines is 2. The van der Waals surface area contributed by atoms with Gasteiger partial charge in [0.05, 0.1) is 28.9 Å². The van der Waals surface area contributed by atoms with E-state index in [1.807, 2.05) is 41.3 Å². The Hall–Kier alpha value is -2.58. The first-order valence-corrected chi connectivity index (χ1v) is 11.3. The van der Waals surface area contributed by atoms with E-state index in [0.717, 1.165) is 34.8 Å². The van der Waals surface area contributed by atoms with Crippen molar-refractivity contribution in [2.45, 2.75) is 28.0 Å². The summed E-state index contributed by atoms with van der Waals surface area (Å²) in [7, 11) is 0. The van der Waals surface area contributed by atoms with E-state index >= 15 is 0 Å². The summed E-state index contributed by atoms with van der Waals surface area (Å²) in [4.78, 5) is 28.5. The molecule has 1 saturated heterocycles. The second kappa shape index (κ2) is 7.35. The van der Waals surface area contributed by atoms with Gasteiger partial charge in [-0.25, -0.2) is 4.79 Å². The van der Waals surface area contributed by atoms with Crippen LogP contribution in [0.25, 0.3) is 0 Å². The van der Waals surface area contributed by atoms with Crippen molar-refractivity contribution < 1.29 is 14.7 Å². The molecular formula is C21H19N3O3S2. The molecule has 1 atom stereocenters. The molecule has 3 heterocycles. The van der Waals surface area contributed by atoms with Crippen LogP contribution in [0.2, 0.25) is 0 Å². The number of hydrogen-bond acceptors (Lipinski definition) is 6. The average molecular weight is 426 g/mol. The van der Waals surface area contributed by atoms with E-state index in [1.165, 1.54) is 4.90 Å². The van der Waals surface area contributed by atoms with Crippen LogP contribution in [-0.2, 0) is 16.0 Å². The molecule has 29 heavy (non-hydrogen) atoms. The third kappa shape index (κ3) is 3.47. The van der Waals surface area contributed by atoms with Crippen molar-refractivity contribution >= 4 is 46.8 Å². The van der Waals surface area contributed by atoms with Crippen LogP contribution in [0.1, 0.15) is 12.0 Å². The molecule has 1 unspecified atom stereocenters. The van der Waals surface area contributed by atoms with Gasteiger partial charge in [0.15, 0.2) is 0 Å². The number of rotatable bonds is 4. The number of carbonyl (C=O) groups excluding carboxylic acids is 1. The van der Waals surface area contributed by atoms with Gasteiger partial charge in [0, 0.05) is 22.1 Å². The Morgan fingerprint density at radius 1 is 1.17 bits per heavy atom. The van der Waals surface area contributed by atoms with E-state index in [1.54, 1.807) is 23.5 Å². The molecule has 3 aliphatic rings. The lowest BCUT2D eigenvalue weighted by Gasteiger charge is -2.46. The molecule has 1 fully saturated rings. The molecule has 3 aliphatic heterocycles. The van der Waals surface area contributed by atoms with Crippen LogP contribution in [0.5, 0.6) is 0 Å². The highest BCUT2D eigenvalue weighted by atomic mass is 32.2. The van der Waals surface area contributed by atoms with Crippen molar-refractivity contribution in [3.05, 3.63) is 59.4 Å². The van der Waals surface area contributed by atoms with E-state index in [0.29, 0.717) is 11.4 Å². The number of amides is 1. The topological polar surface area (TPSA) is 81.7 Å². The highest BCUT2D eigenvalue weighted by molar-refractivity contribution is 8.00. The molecule has 8 heteroatoms. The van der Waals surface area contributed by atoms with Crippen molar-refractivity contribution in [3.8, 4) is 0 Å². The monoisotopic (exact) mass is 425 g/mol. The lowest BCUT2D eigenvalue weighted by molar-refractivity contribution is -0.135. The zero-order valence-electron chi connectivity index (χ0n) is 15.5. The van der Waals surface area contributed by atoms with Crippen LogP contribution >= 0.6 is 23.5 Å². The molecule has 1 amide bonds. The van der Waals surface area contributed by atoms with E-state index in [-0.39, 0.29) is 23.4 Å². The van der Waals surface area contributed by atoms with Crippen LogP contribution < -0.4 is 10.6 Å². The summed E-state index contributed by atoms with van der Waals surface area (Å²) in [6.45, 7) is 0.730. The van der Waals surface area contributed by atoms with Gasteiger partial charge in [-0.3, -0.25) is 4.79 Å². The number of carboxylic acid groups (broad SMARTS) is 1. The fourth-order valence-electron chi connectivity index (χ4n) is 3.76. The Bertz CT molecular complexity index is 1050. The molecule has 3 N–H and O–H groups in total. The summed E-state index contributed by atoms with van der Waals surface area (Å²) in [5, 5.41) is 16.1. The van der Waals surface area contributed by atoms with Gasteiger partial charge in [0.25, 0.3) is 0 Å². The number of nitrogens with zero attached hydrogens (tertiary/aromatic N) is 1. The third-order valence-corrected chi connectivity index (χ3v) is 7.72. The Kier molecular flexibility index (Phi) is 4.67. The van der Waals surface area contributed by atoms with Gasteiger partial charge in [0.1, 0.15) is 5.70 Å². The Balaban J connectivity index is 1.31.